The van der Waals surface area contributed by atoms with E-state index in [1.54, 1.807) is 0 Å². The van der Waals surface area contributed by atoms with Gasteiger partial charge in [-0.2, -0.15) is 0 Å². The van der Waals surface area contributed by atoms with Gasteiger partial charge in [0, 0.05) is 12.2 Å². The number of rotatable bonds is 8. The van der Waals surface area contributed by atoms with Crippen LogP contribution in [-0.2, 0) is 4.74 Å². The molecule has 0 bridgehead atoms. The van der Waals surface area contributed by atoms with Crippen molar-refractivity contribution in [2.24, 2.45) is 0 Å². The van der Waals surface area contributed by atoms with Crippen LogP contribution in [0.3, 0.4) is 0 Å². The third-order valence-electron chi connectivity index (χ3n) is 2.51. The second kappa shape index (κ2) is 7.91. The Morgan fingerprint density at radius 3 is 2.65 bits per heavy atom. The molecule has 0 fully saturated rings. The highest BCUT2D eigenvalue weighted by Gasteiger charge is 2.05. The first-order valence-electron chi connectivity index (χ1n) is 6.27. The molecule has 0 aromatic heterocycles. The summed E-state index contributed by atoms with van der Waals surface area (Å²) in [5, 5.41) is 0. The number of allylic oxidation sites excluding steroid dienone is 1. The Morgan fingerprint density at radius 1 is 1.18 bits per heavy atom. The van der Waals surface area contributed by atoms with Crippen LogP contribution in [0.1, 0.15) is 32.3 Å². The molecule has 0 heterocycles. The van der Waals surface area contributed by atoms with Gasteiger partial charge in [0.25, 0.3) is 0 Å². The third kappa shape index (κ3) is 4.61. The van der Waals surface area contributed by atoms with Crippen molar-refractivity contribution < 1.29 is 9.47 Å². The topological polar surface area (TPSA) is 18.5 Å². The molecule has 1 aromatic carbocycles. The number of para-hydroxylation sites is 1. The van der Waals surface area contributed by atoms with E-state index in [-0.39, 0.29) is 0 Å². The van der Waals surface area contributed by atoms with Gasteiger partial charge in [-0.25, -0.2) is 0 Å². The van der Waals surface area contributed by atoms with Crippen molar-refractivity contribution in [1.29, 1.82) is 0 Å². The molecule has 17 heavy (non-hydrogen) atoms. The highest BCUT2D eigenvalue weighted by Crippen LogP contribution is 2.27. The highest BCUT2D eigenvalue weighted by atomic mass is 16.5. The van der Waals surface area contributed by atoms with E-state index in [1.165, 1.54) is 0 Å². The molecule has 2 nitrogen and oxygen atoms in total. The minimum Gasteiger partial charge on any atom is -0.491 e. The summed E-state index contributed by atoms with van der Waals surface area (Å²) in [6.45, 7) is 10.2. The molecule has 94 valence electrons. The predicted octanol–water partition coefficient (Wildman–Crippen LogP) is 3.92. The van der Waals surface area contributed by atoms with Crippen LogP contribution in [0.2, 0.25) is 0 Å². The summed E-state index contributed by atoms with van der Waals surface area (Å²) in [5.41, 5.74) is 2.25. The molecule has 0 N–H and O–H groups in total. The van der Waals surface area contributed by atoms with Gasteiger partial charge in [-0.05, 0) is 25.0 Å². The van der Waals surface area contributed by atoms with Gasteiger partial charge in [0.2, 0.25) is 0 Å². The fraction of sp³-hybridized carbons (Fsp3) is 0.467. The Bertz CT molecular complexity index is 345. The average Bonchev–Trinajstić information content (AvgIpc) is 2.35. The summed E-state index contributed by atoms with van der Waals surface area (Å²) in [4.78, 5) is 0. The smallest absolute Gasteiger partial charge is 0.126 e. The van der Waals surface area contributed by atoms with Crippen molar-refractivity contribution in [2.45, 2.75) is 26.7 Å². The van der Waals surface area contributed by atoms with E-state index in [2.05, 4.69) is 19.6 Å². The van der Waals surface area contributed by atoms with E-state index >= 15 is 0 Å². The van der Waals surface area contributed by atoms with Crippen LogP contribution in [-0.4, -0.2) is 19.8 Å². The summed E-state index contributed by atoms with van der Waals surface area (Å²) in [5.74, 6) is 0.908. The number of hydrogen-bond acceptors (Lipinski definition) is 2. The zero-order valence-corrected chi connectivity index (χ0v) is 10.9. The first kappa shape index (κ1) is 13.8. The Balaban J connectivity index is 2.61. The van der Waals surface area contributed by atoms with Crippen molar-refractivity contribution >= 4 is 5.57 Å². The number of hydrogen-bond donors (Lipinski definition) is 0. The average molecular weight is 234 g/mol. The Hall–Kier alpha value is -1.28. The maximum atomic E-state index is 5.72. The monoisotopic (exact) mass is 234 g/mol. The van der Waals surface area contributed by atoms with Crippen molar-refractivity contribution in [2.75, 3.05) is 19.8 Å². The Kier molecular flexibility index (Phi) is 6.41. The summed E-state index contributed by atoms with van der Waals surface area (Å²) >= 11 is 0. The lowest BCUT2D eigenvalue weighted by molar-refractivity contribution is 0.110. The minimum absolute atomic E-state index is 0.588. The maximum Gasteiger partial charge on any atom is 0.126 e. The maximum absolute atomic E-state index is 5.72. The van der Waals surface area contributed by atoms with E-state index in [9.17, 15) is 0 Å². The molecule has 0 aliphatic carbocycles. The van der Waals surface area contributed by atoms with Crippen LogP contribution in [0.5, 0.6) is 5.75 Å². The van der Waals surface area contributed by atoms with Gasteiger partial charge >= 0.3 is 0 Å². The summed E-state index contributed by atoms with van der Waals surface area (Å²) in [6, 6.07) is 8.06. The summed E-state index contributed by atoms with van der Waals surface area (Å²) in [6.07, 6.45) is 2.11. The molecule has 0 saturated carbocycles. The predicted molar refractivity (Wildman–Crippen MR) is 72.4 cm³/mol. The van der Waals surface area contributed by atoms with Gasteiger partial charge in [-0.15, -0.1) is 0 Å². The van der Waals surface area contributed by atoms with E-state index in [4.69, 9.17) is 9.47 Å². The van der Waals surface area contributed by atoms with Crippen molar-refractivity contribution in [3.8, 4) is 5.75 Å². The Labute approximate surface area is 104 Å². The normalized spacial score (nSPS) is 10.2. The quantitative estimate of drug-likeness (QED) is 0.635. The molecular formula is C15H22O2. The molecule has 1 aromatic rings. The summed E-state index contributed by atoms with van der Waals surface area (Å²) in [7, 11) is 0. The standard InChI is InChI=1S/C15H22O2/c1-4-8-13(3)14-9-6-7-10-15(14)17-12-11-16-5-2/h6-7,9-10H,3-5,8,11-12H2,1-2H3. The third-order valence-corrected chi connectivity index (χ3v) is 2.51. The second-order valence-corrected chi connectivity index (χ2v) is 3.90. The molecular weight excluding hydrogens is 212 g/mol. The van der Waals surface area contributed by atoms with Crippen LogP contribution >= 0.6 is 0 Å². The van der Waals surface area contributed by atoms with Crippen LogP contribution in [0.25, 0.3) is 5.57 Å². The molecule has 0 aliphatic rings. The second-order valence-electron chi connectivity index (χ2n) is 3.90. The van der Waals surface area contributed by atoms with E-state index in [0.29, 0.717) is 13.2 Å². The lowest BCUT2D eigenvalue weighted by Crippen LogP contribution is -2.07. The van der Waals surface area contributed by atoms with Crippen molar-refractivity contribution in [3.05, 3.63) is 36.4 Å². The van der Waals surface area contributed by atoms with Gasteiger partial charge < -0.3 is 9.47 Å². The lowest BCUT2D eigenvalue weighted by atomic mass is 10.0. The molecule has 0 radical (unpaired) electrons. The first-order chi connectivity index (χ1) is 8.29. The van der Waals surface area contributed by atoms with Gasteiger partial charge in [0.15, 0.2) is 0 Å². The lowest BCUT2D eigenvalue weighted by Gasteiger charge is -2.12. The zero-order chi connectivity index (χ0) is 12.5. The fourth-order valence-electron chi connectivity index (χ4n) is 1.68. The molecule has 0 amide bonds. The number of benzene rings is 1. The van der Waals surface area contributed by atoms with Gasteiger partial charge in [-0.3, -0.25) is 0 Å². The van der Waals surface area contributed by atoms with Crippen LogP contribution in [0, 0.1) is 0 Å². The van der Waals surface area contributed by atoms with E-state index in [0.717, 1.165) is 36.3 Å². The van der Waals surface area contributed by atoms with Crippen molar-refractivity contribution in [3.63, 3.8) is 0 Å². The number of ether oxygens (including phenoxy) is 2. The minimum atomic E-state index is 0.588. The van der Waals surface area contributed by atoms with Gasteiger partial charge in [0.05, 0.1) is 6.61 Å². The fourth-order valence-corrected chi connectivity index (χ4v) is 1.68. The van der Waals surface area contributed by atoms with Gasteiger partial charge in [0.1, 0.15) is 12.4 Å². The molecule has 0 saturated heterocycles. The van der Waals surface area contributed by atoms with Crippen molar-refractivity contribution in [1.82, 2.24) is 0 Å². The molecule has 2 heteroatoms. The van der Waals surface area contributed by atoms with E-state index in [1.807, 2.05) is 25.1 Å². The molecule has 0 atom stereocenters. The van der Waals surface area contributed by atoms with Crippen LogP contribution < -0.4 is 4.74 Å². The van der Waals surface area contributed by atoms with Crippen LogP contribution in [0.4, 0.5) is 0 Å². The zero-order valence-electron chi connectivity index (χ0n) is 10.9. The Morgan fingerprint density at radius 2 is 1.94 bits per heavy atom. The molecule has 1 rings (SSSR count). The van der Waals surface area contributed by atoms with Crippen LogP contribution in [0.15, 0.2) is 30.8 Å². The molecule has 0 aliphatic heterocycles. The first-order valence-corrected chi connectivity index (χ1v) is 6.27. The van der Waals surface area contributed by atoms with Gasteiger partial charge in [-0.1, -0.05) is 38.1 Å². The molecule has 0 unspecified atom stereocenters. The summed E-state index contributed by atoms with van der Waals surface area (Å²) < 4.78 is 11.0. The van der Waals surface area contributed by atoms with E-state index < -0.39 is 0 Å². The SMILES string of the molecule is C=C(CCC)c1ccccc1OCCOCC. The molecule has 0 spiro atoms. The highest BCUT2D eigenvalue weighted by molar-refractivity contribution is 5.68. The largest absolute Gasteiger partial charge is 0.491 e.